The van der Waals surface area contributed by atoms with Gasteiger partial charge in [-0.15, -0.1) is 0 Å². The molecular weight excluding hydrogens is 248 g/mol. The molecule has 1 aliphatic rings. The molecule has 5 N–H and O–H groups in total. The van der Waals surface area contributed by atoms with E-state index in [2.05, 4.69) is 9.97 Å². The second-order valence-corrected chi connectivity index (χ2v) is 4.54. The number of fused-ring (bicyclic) bond motifs is 1. The number of anilines is 1. The van der Waals surface area contributed by atoms with Crippen LogP contribution in [0.25, 0.3) is 11.0 Å². The van der Waals surface area contributed by atoms with Gasteiger partial charge in [0.2, 0.25) is 0 Å². The largest absolute Gasteiger partial charge is 0.392 e. The van der Waals surface area contributed by atoms with Crippen LogP contribution in [0.15, 0.2) is 30.2 Å². The van der Waals surface area contributed by atoms with Gasteiger partial charge in [-0.25, -0.2) is 9.97 Å². The molecule has 100 valence electrons. The standard InChI is InChI=1S/C12H14N4O3/c13-12-9-7(1-2-14-12)16(5-15-9)8-3-6(4-17)10(18)11(8)19/h1-3,5,8,10-11,17-19H,4H2,(H2,13,14)/t8-,10+,11?/m1/s1. The maximum atomic E-state index is 10.1. The van der Waals surface area contributed by atoms with Gasteiger partial charge in [0.05, 0.1) is 24.5 Å². The first-order valence-electron chi connectivity index (χ1n) is 5.88. The van der Waals surface area contributed by atoms with E-state index in [1.807, 2.05) is 0 Å². The molecule has 1 unspecified atom stereocenters. The first kappa shape index (κ1) is 12.1. The highest BCUT2D eigenvalue weighted by atomic mass is 16.3. The van der Waals surface area contributed by atoms with Crippen LogP contribution in [0.5, 0.6) is 0 Å². The minimum atomic E-state index is -1.06. The zero-order valence-corrected chi connectivity index (χ0v) is 10.0. The molecule has 0 spiro atoms. The lowest BCUT2D eigenvalue weighted by Crippen LogP contribution is -2.29. The fourth-order valence-electron chi connectivity index (χ4n) is 2.43. The zero-order chi connectivity index (χ0) is 13.6. The van der Waals surface area contributed by atoms with Crippen LogP contribution >= 0.6 is 0 Å². The number of nitrogens with two attached hydrogens (primary N) is 1. The predicted molar refractivity (Wildman–Crippen MR) is 68.2 cm³/mol. The van der Waals surface area contributed by atoms with Gasteiger partial charge < -0.3 is 25.6 Å². The number of aromatic nitrogens is 3. The Bertz CT molecular complexity index is 651. The van der Waals surface area contributed by atoms with E-state index in [0.717, 1.165) is 5.52 Å². The van der Waals surface area contributed by atoms with Crippen LogP contribution in [0.2, 0.25) is 0 Å². The number of nitrogen functional groups attached to an aromatic ring is 1. The summed E-state index contributed by atoms with van der Waals surface area (Å²) in [5.74, 6) is 0.315. The molecule has 19 heavy (non-hydrogen) atoms. The lowest BCUT2D eigenvalue weighted by molar-refractivity contribution is 0.0288. The topological polar surface area (TPSA) is 117 Å². The summed E-state index contributed by atoms with van der Waals surface area (Å²) in [5.41, 5.74) is 7.41. The summed E-state index contributed by atoms with van der Waals surface area (Å²) in [6, 6.07) is 1.26. The Morgan fingerprint density at radius 1 is 1.32 bits per heavy atom. The molecule has 0 saturated heterocycles. The van der Waals surface area contributed by atoms with Gasteiger partial charge >= 0.3 is 0 Å². The Balaban J connectivity index is 2.11. The van der Waals surface area contributed by atoms with Crippen molar-refractivity contribution < 1.29 is 15.3 Å². The van der Waals surface area contributed by atoms with Crippen molar-refractivity contribution in [1.29, 1.82) is 0 Å². The third-order valence-electron chi connectivity index (χ3n) is 3.46. The summed E-state index contributed by atoms with van der Waals surface area (Å²) < 4.78 is 1.71. The summed E-state index contributed by atoms with van der Waals surface area (Å²) in [5, 5.41) is 29.0. The van der Waals surface area contributed by atoms with E-state index in [4.69, 9.17) is 10.8 Å². The van der Waals surface area contributed by atoms with Gasteiger partial charge in [-0.3, -0.25) is 0 Å². The first-order chi connectivity index (χ1) is 9.13. The quantitative estimate of drug-likeness (QED) is 0.527. The average Bonchev–Trinajstić information content (AvgIpc) is 2.94. The molecule has 3 atom stereocenters. The van der Waals surface area contributed by atoms with E-state index in [9.17, 15) is 10.2 Å². The molecule has 2 aromatic heterocycles. The number of imidazole rings is 1. The van der Waals surface area contributed by atoms with Gasteiger partial charge in [-0.05, 0) is 11.6 Å². The molecule has 7 heteroatoms. The Kier molecular flexibility index (Phi) is 2.74. The van der Waals surface area contributed by atoms with Crippen LogP contribution in [-0.4, -0.2) is 48.7 Å². The van der Waals surface area contributed by atoms with Gasteiger partial charge in [0, 0.05) is 6.20 Å². The Hall–Kier alpha value is -1.96. The van der Waals surface area contributed by atoms with Crippen LogP contribution in [0, 0.1) is 0 Å². The molecule has 0 aliphatic heterocycles. The van der Waals surface area contributed by atoms with Crippen LogP contribution in [0.1, 0.15) is 6.04 Å². The lowest BCUT2D eigenvalue weighted by atomic mass is 10.1. The molecule has 3 rings (SSSR count). The van der Waals surface area contributed by atoms with Crippen LogP contribution in [0.4, 0.5) is 5.82 Å². The normalized spacial score (nSPS) is 26.9. The van der Waals surface area contributed by atoms with E-state index in [1.54, 1.807) is 29.2 Å². The maximum absolute atomic E-state index is 10.1. The predicted octanol–water partition coefficient (Wildman–Crippen LogP) is -0.791. The first-order valence-corrected chi connectivity index (χ1v) is 5.88. The zero-order valence-electron chi connectivity index (χ0n) is 10.0. The molecule has 0 radical (unpaired) electrons. The van der Waals surface area contributed by atoms with Crippen molar-refractivity contribution in [2.24, 2.45) is 0 Å². The number of hydrogen-bond donors (Lipinski definition) is 4. The van der Waals surface area contributed by atoms with Crippen molar-refractivity contribution in [2.75, 3.05) is 12.3 Å². The van der Waals surface area contributed by atoms with Crippen molar-refractivity contribution in [1.82, 2.24) is 14.5 Å². The third kappa shape index (κ3) is 1.71. The minimum absolute atomic E-state index is 0.287. The van der Waals surface area contributed by atoms with Gasteiger partial charge in [0.1, 0.15) is 17.7 Å². The van der Waals surface area contributed by atoms with E-state index in [0.29, 0.717) is 16.9 Å². The van der Waals surface area contributed by atoms with Crippen LogP contribution < -0.4 is 5.73 Å². The Morgan fingerprint density at radius 2 is 2.11 bits per heavy atom. The van der Waals surface area contributed by atoms with Gasteiger partial charge in [0.25, 0.3) is 0 Å². The minimum Gasteiger partial charge on any atom is -0.392 e. The molecule has 7 nitrogen and oxygen atoms in total. The average molecular weight is 262 g/mol. The second-order valence-electron chi connectivity index (χ2n) is 4.54. The van der Waals surface area contributed by atoms with E-state index >= 15 is 0 Å². The highest BCUT2D eigenvalue weighted by Gasteiger charge is 2.35. The monoisotopic (exact) mass is 262 g/mol. The Morgan fingerprint density at radius 3 is 2.79 bits per heavy atom. The van der Waals surface area contributed by atoms with E-state index < -0.39 is 18.2 Å². The smallest absolute Gasteiger partial charge is 0.151 e. The molecule has 2 heterocycles. The van der Waals surface area contributed by atoms with Crippen LogP contribution in [0.3, 0.4) is 0 Å². The number of pyridine rings is 1. The molecule has 0 bridgehead atoms. The van der Waals surface area contributed by atoms with Crippen LogP contribution in [-0.2, 0) is 0 Å². The van der Waals surface area contributed by atoms with Crippen molar-refractivity contribution in [3.63, 3.8) is 0 Å². The molecular formula is C12H14N4O3. The SMILES string of the molecule is Nc1nccc2c1ncn2[C@@H]1C=C(CO)[C@H](O)C1O. The lowest BCUT2D eigenvalue weighted by Gasteiger charge is -2.19. The van der Waals surface area contributed by atoms with Gasteiger partial charge in [0.15, 0.2) is 5.82 Å². The molecule has 0 amide bonds. The molecule has 2 aromatic rings. The molecule has 1 aliphatic carbocycles. The highest BCUT2D eigenvalue weighted by molar-refractivity contribution is 5.84. The third-order valence-corrected chi connectivity index (χ3v) is 3.46. The Labute approximate surface area is 108 Å². The van der Waals surface area contributed by atoms with Crippen molar-refractivity contribution in [2.45, 2.75) is 18.2 Å². The molecule has 0 fully saturated rings. The highest BCUT2D eigenvalue weighted by Crippen LogP contribution is 2.32. The number of nitrogens with zero attached hydrogens (tertiary/aromatic N) is 3. The van der Waals surface area contributed by atoms with Crippen molar-refractivity contribution in [3.05, 3.63) is 30.2 Å². The fourth-order valence-corrected chi connectivity index (χ4v) is 2.43. The summed E-state index contributed by atoms with van der Waals surface area (Å²) in [7, 11) is 0. The van der Waals surface area contributed by atoms with E-state index in [-0.39, 0.29) is 6.61 Å². The fraction of sp³-hybridized carbons (Fsp3) is 0.333. The maximum Gasteiger partial charge on any atom is 0.151 e. The number of hydrogen-bond acceptors (Lipinski definition) is 6. The van der Waals surface area contributed by atoms with E-state index in [1.165, 1.54) is 0 Å². The summed E-state index contributed by atoms with van der Waals surface area (Å²) in [6.45, 7) is -0.287. The van der Waals surface area contributed by atoms with Gasteiger partial charge in [-0.1, -0.05) is 6.08 Å². The number of rotatable bonds is 2. The van der Waals surface area contributed by atoms with Crippen molar-refractivity contribution >= 4 is 16.9 Å². The molecule has 0 aromatic carbocycles. The number of aliphatic hydroxyl groups excluding tert-OH is 3. The summed E-state index contributed by atoms with van der Waals surface area (Å²) in [6.07, 6.45) is 2.66. The summed E-state index contributed by atoms with van der Waals surface area (Å²) in [4.78, 5) is 8.11. The van der Waals surface area contributed by atoms with Crippen molar-refractivity contribution in [3.8, 4) is 0 Å². The summed E-state index contributed by atoms with van der Waals surface area (Å²) >= 11 is 0. The second kappa shape index (κ2) is 4.30. The van der Waals surface area contributed by atoms with Gasteiger partial charge in [-0.2, -0.15) is 0 Å². The number of aliphatic hydroxyl groups is 3. The molecule has 0 saturated carbocycles.